The van der Waals surface area contributed by atoms with Gasteiger partial charge < -0.3 is 14.6 Å². The molecule has 0 spiro atoms. The molecule has 0 unspecified atom stereocenters. The number of nitrogens with zero attached hydrogens (tertiary/aromatic N) is 4. The van der Waals surface area contributed by atoms with Crippen LogP contribution in [0.1, 0.15) is 12.5 Å². The number of nitrogens with one attached hydrogen (secondary N) is 1. The lowest BCUT2D eigenvalue weighted by molar-refractivity contribution is 0.361. The van der Waals surface area contributed by atoms with Crippen molar-refractivity contribution in [2.45, 2.75) is 13.3 Å². The smallest absolute Gasteiger partial charge is 0.357 e. The first-order chi connectivity index (χ1) is 11.2. The molecular formula is C17H17N5O. The molecule has 116 valence electrons. The van der Waals surface area contributed by atoms with Crippen molar-refractivity contribution >= 4 is 22.5 Å². The van der Waals surface area contributed by atoms with Crippen molar-refractivity contribution in [1.29, 1.82) is 0 Å². The van der Waals surface area contributed by atoms with Crippen molar-refractivity contribution < 1.29 is 4.74 Å². The van der Waals surface area contributed by atoms with Gasteiger partial charge in [-0.2, -0.15) is 0 Å². The third-order valence-corrected chi connectivity index (χ3v) is 3.63. The van der Waals surface area contributed by atoms with E-state index >= 15 is 0 Å². The Morgan fingerprint density at radius 1 is 1.30 bits per heavy atom. The van der Waals surface area contributed by atoms with Gasteiger partial charge in [0.1, 0.15) is 17.1 Å². The summed E-state index contributed by atoms with van der Waals surface area (Å²) >= 11 is 0. The van der Waals surface area contributed by atoms with Crippen LogP contribution in [0.25, 0.3) is 15.9 Å². The van der Waals surface area contributed by atoms with E-state index in [4.69, 9.17) is 11.3 Å². The van der Waals surface area contributed by atoms with Gasteiger partial charge in [0.05, 0.1) is 18.0 Å². The molecule has 0 atom stereocenters. The molecule has 0 aliphatic carbocycles. The quantitative estimate of drug-likeness (QED) is 0.733. The minimum atomic E-state index is 0.0364. The Labute approximate surface area is 134 Å². The lowest BCUT2D eigenvalue weighted by atomic mass is 10.1. The van der Waals surface area contributed by atoms with Crippen LogP contribution in [-0.4, -0.2) is 21.3 Å². The Balaban J connectivity index is 1.88. The van der Waals surface area contributed by atoms with Crippen molar-refractivity contribution in [3.8, 4) is 5.75 Å². The van der Waals surface area contributed by atoms with Crippen LogP contribution in [0, 0.1) is 6.57 Å². The Bertz CT molecular complexity index is 878. The van der Waals surface area contributed by atoms with Crippen LogP contribution >= 0.6 is 0 Å². The van der Waals surface area contributed by atoms with Crippen LogP contribution in [-0.2, 0) is 13.5 Å². The van der Waals surface area contributed by atoms with Crippen LogP contribution < -0.4 is 10.1 Å². The summed E-state index contributed by atoms with van der Waals surface area (Å²) in [5, 5.41) is 3.35. The molecule has 2 heterocycles. The summed E-state index contributed by atoms with van der Waals surface area (Å²) in [6, 6.07) is 7.74. The van der Waals surface area contributed by atoms with Gasteiger partial charge >= 0.3 is 6.73 Å². The Kier molecular flexibility index (Phi) is 4.11. The standard InChI is InChI=1S/C17H17N5O/c1-4-12-7-13(23-11-18-2)5-6-14(12)21-17-8-16-15(9-19-17)20-10-22(16)3/h5-10H,4,11H2,1,3H3,(H,19,21). The molecule has 0 aliphatic heterocycles. The van der Waals surface area contributed by atoms with Crippen molar-refractivity contribution in [3.63, 3.8) is 0 Å². The summed E-state index contributed by atoms with van der Waals surface area (Å²) in [6.45, 7) is 8.90. The van der Waals surface area contributed by atoms with Gasteiger partial charge in [0.2, 0.25) is 0 Å². The van der Waals surface area contributed by atoms with Crippen molar-refractivity contribution in [1.82, 2.24) is 14.5 Å². The average molecular weight is 307 g/mol. The topological polar surface area (TPSA) is 56.3 Å². The third-order valence-electron chi connectivity index (χ3n) is 3.63. The van der Waals surface area contributed by atoms with Crippen LogP contribution in [0.15, 0.2) is 36.8 Å². The lowest BCUT2D eigenvalue weighted by Gasteiger charge is -2.12. The highest BCUT2D eigenvalue weighted by molar-refractivity contribution is 5.78. The minimum absolute atomic E-state index is 0.0364. The maximum absolute atomic E-state index is 6.78. The molecule has 6 nitrogen and oxygen atoms in total. The summed E-state index contributed by atoms with van der Waals surface area (Å²) in [5.74, 6) is 1.48. The zero-order valence-electron chi connectivity index (χ0n) is 13.1. The highest BCUT2D eigenvalue weighted by Crippen LogP contribution is 2.26. The lowest BCUT2D eigenvalue weighted by Crippen LogP contribution is -1.99. The molecule has 0 radical (unpaired) electrons. The van der Waals surface area contributed by atoms with Gasteiger partial charge in [-0.3, -0.25) is 4.85 Å². The number of hydrogen-bond acceptors (Lipinski definition) is 4. The molecule has 23 heavy (non-hydrogen) atoms. The van der Waals surface area contributed by atoms with Crippen molar-refractivity contribution in [2.24, 2.45) is 7.05 Å². The Morgan fingerprint density at radius 3 is 2.96 bits per heavy atom. The SMILES string of the molecule is [C-]#[N+]COc1ccc(Nc2cc3c(cn2)ncn3C)c(CC)c1. The number of pyridine rings is 1. The third kappa shape index (κ3) is 3.09. The first-order valence-electron chi connectivity index (χ1n) is 7.34. The monoisotopic (exact) mass is 307 g/mol. The molecule has 6 heteroatoms. The number of hydrogen-bond donors (Lipinski definition) is 1. The fourth-order valence-electron chi connectivity index (χ4n) is 2.42. The number of ether oxygens (including phenoxy) is 1. The van der Waals surface area contributed by atoms with E-state index < -0.39 is 0 Å². The molecule has 0 amide bonds. The van der Waals surface area contributed by atoms with E-state index in [2.05, 4.69) is 27.1 Å². The number of anilines is 2. The minimum Gasteiger partial charge on any atom is -0.426 e. The molecule has 0 bridgehead atoms. The van der Waals surface area contributed by atoms with E-state index in [1.807, 2.05) is 35.9 Å². The molecule has 3 rings (SSSR count). The van der Waals surface area contributed by atoms with Gasteiger partial charge in [0.25, 0.3) is 0 Å². The Hall–Kier alpha value is -3.07. The normalized spacial score (nSPS) is 10.5. The van der Waals surface area contributed by atoms with Crippen LogP contribution in [0.4, 0.5) is 11.5 Å². The highest BCUT2D eigenvalue weighted by atomic mass is 16.5. The van der Waals surface area contributed by atoms with Gasteiger partial charge in [0.15, 0.2) is 0 Å². The molecule has 0 fully saturated rings. The first-order valence-corrected chi connectivity index (χ1v) is 7.34. The van der Waals surface area contributed by atoms with Gasteiger partial charge in [0, 0.05) is 18.8 Å². The van der Waals surface area contributed by atoms with Crippen LogP contribution in [0.2, 0.25) is 0 Å². The number of rotatable bonds is 5. The summed E-state index contributed by atoms with van der Waals surface area (Å²) in [5.41, 5.74) is 3.99. The van der Waals surface area contributed by atoms with Gasteiger partial charge in [-0.25, -0.2) is 16.5 Å². The van der Waals surface area contributed by atoms with E-state index in [-0.39, 0.29) is 6.73 Å². The van der Waals surface area contributed by atoms with E-state index in [0.717, 1.165) is 34.5 Å². The summed E-state index contributed by atoms with van der Waals surface area (Å²) in [4.78, 5) is 11.9. The Morgan fingerprint density at radius 2 is 2.17 bits per heavy atom. The second-order valence-corrected chi connectivity index (χ2v) is 5.14. The molecule has 3 aromatic rings. The van der Waals surface area contributed by atoms with Crippen molar-refractivity contribution in [2.75, 3.05) is 12.0 Å². The summed E-state index contributed by atoms with van der Waals surface area (Å²) < 4.78 is 7.32. The predicted molar refractivity (Wildman–Crippen MR) is 89.7 cm³/mol. The summed E-state index contributed by atoms with van der Waals surface area (Å²) in [6.07, 6.45) is 4.39. The number of fused-ring (bicyclic) bond motifs is 1. The molecular weight excluding hydrogens is 290 g/mol. The maximum Gasteiger partial charge on any atom is 0.357 e. The largest absolute Gasteiger partial charge is 0.426 e. The second kappa shape index (κ2) is 6.36. The molecule has 1 aromatic carbocycles. The van der Waals surface area contributed by atoms with Crippen molar-refractivity contribution in [3.05, 3.63) is 53.8 Å². The molecule has 0 saturated heterocycles. The summed E-state index contributed by atoms with van der Waals surface area (Å²) in [7, 11) is 1.96. The van der Waals surface area contributed by atoms with E-state index in [0.29, 0.717) is 5.75 Å². The average Bonchev–Trinajstić information content (AvgIpc) is 2.94. The van der Waals surface area contributed by atoms with Crippen LogP contribution in [0.3, 0.4) is 0 Å². The van der Waals surface area contributed by atoms with Gasteiger partial charge in [-0.05, 0) is 30.2 Å². The predicted octanol–water partition coefficient (Wildman–Crippen LogP) is 3.53. The molecule has 2 aromatic heterocycles. The zero-order valence-corrected chi connectivity index (χ0v) is 13.1. The highest BCUT2D eigenvalue weighted by Gasteiger charge is 2.07. The van der Waals surface area contributed by atoms with E-state index in [1.165, 1.54) is 0 Å². The fraction of sp³-hybridized carbons (Fsp3) is 0.235. The first kappa shape index (κ1) is 14.9. The number of benzene rings is 1. The van der Waals surface area contributed by atoms with E-state index in [1.54, 1.807) is 12.5 Å². The van der Waals surface area contributed by atoms with Gasteiger partial charge in [-0.1, -0.05) is 6.92 Å². The fourth-order valence-corrected chi connectivity index (χ4v) is 2.42. The molecule has 1 N–H and O–H groups in total. The maximum atomic E-state index is 6.78. The molecule has 0 aliphatic rings. The van der Waals surface area contributed by atoms with E-state index in [9.17, 15) is 0 Å². The number of imidazole rings is 1. The molecule has 0 saturated carbocycles. The van der Waals surface area contributed by atoms with Gasteiger partial charge in [-0.15, -0.1) is 0 Å². The zero-order chi connectivity index (χ0) is 16.2. The second-order valence-electron chi connectivity index (χ2n) is 5.14. The number of aryl methyl sites for hydroxylation is 2. The number of aromatic nitrogens is 3. The van der Waals surface area contributed by atoms with Crippen LogP contribution in [0.5, 0.6) is 5.75 Å².